The van der Waals surface area contributed by atoms with Crippen LogP contribution < -0.4 is 5.32 Å². The molecule has 2 aromatic rings. The largest absolute Gasteiger partial charge is 0.478 e. The molecule has 2 rings (SSSR count). The van der Waals surface area contributed by atoms with Crippen molar-refractivity contribution in [3.8, 4) is 0 Å². The van der Waals surface area contributed by atoms with Crippen molar-refractivity contribution < 1.29 is 14.3 Å². The molecule has 0 aliphatic carbocycles. The smallest absolute Gasteiger partial charge is 0.338 e. The molecule has 0 aliphatic heterocycles. The Bertz CT molecular complexity index is 622. The first-order valence-corrected chi connectivity index (χ1v) is 5.73. The number of aromatic carboxylic acids is 1. The van der Waals surface area contributed by atoms with E-state index in [9.17, 15) is 9.18 Å². The summed E-state index contributed by atoms with van der Waals surface area (Å²) in [5, 5.41) is 16.0. The lowest BCUT2D eigenvalue weighted by atomic mass is 10.2. The van der Waals surface area contributed by atoms with E-state index in [2.05, 4.69) is 10.4 Å². The molecular weight excluding hydrogens is 249 g/mol. The summed E-state index contributed by atoms with van der Waals surface area (Å²) in [6, 6.07) is 3.96. The Kier molecular flexibility index (Phi) is 3.50. The second kappa shape index (κ2) is 5.09. The molecule has 0 spiro atoms. The highest BCUT2D eigenvalue weighted by Crippen LogP contribution is 2.16. The highest BCUT2D eigenvalue weighted by atomic mass is 19.1. The van der Waals surface area contributed by atoms with Crippen molar-refractivity contribution in [1.29, 1.82) is 0 Å². The summed E-state index contributed by atoms with van der Waals surface area (Å²) >= 11 is 0. The molecule has 0 unspecified atom stereocenters. The zero-order valence-electron chi connectivity index (χ0n) is 10.6. The summed E-state index contributed by atoms with van der Waals surface area (Å²) in [7, 11) is 1.83. The van der Waals surface area contributed by atoms with E-state index in [0.717, 1.165) is 11.3 Å². The average Bonchev–Trinajstić information content (AvgIpc) is 2.65. The first-order chi connectivity index (χ1) is 8.97. The fraction of sp³-hybridized carbons (Fsp3) is 0.231. The summed E-state index contributed by atoms with van der Waals surface area (Å²) in [6.45, 7) is 2.40. The molecule has 19 heavy (non-hydrogen) atoms. The summed E-state index contributed by atoms with van der Waals surface area (Å²) < 4.78 is 15.2. The lowest BCUT2D eigenvalue weighted by molar-refractivity contribution is 0.0692. The highest BCUT2D eigenvalue weighted by Gasteiger charge is 2.10. The first kappa shape index (κ1) is 13.1. The number of nitrogens with one attached hydrogen (secondary N) is 1. The minimum absolute atomic E-state index is 0.330. The van der Waals surface area contributed by atoms with Gasteiger partial charge in [-0.2, -0.15) is 5.10 Å². The van der Waals surface area contributed by atoms with E-state index in [1.54, 1.807) is 4.68 Å². The third-order valence-electron chi connectivity index (χ3n) is 2.80. The number of halogens is 1. The quantitative estimate of drug-likeness (QED) is 0.887. The molecule has 1 aromatic carbocycles. The van der Waals surface area contributed by atoms with Gasteiger partial charge < -0.3 is 10.4 Å². The number of rotatable bonds is 4. The Morgan fingerprint density at radius 1 is 1.53 bits per heavy atom. The summed E-state index contributed by atoms with van der Waals surface area (Å²) in [5.41, 5.74) is 2.11. The third kappa shape index (κ3) is 2.90. The van der Waals surface area contributed by atoms with Crippen molar-refractivity contribution in [2.24, 2.45) is 7.05 Å². The van der Waals surface area contributed by atoms with E-state index < -0.39 is 11.8 Å². The van der Waals surface area contributed by atoms with Gasteiger partial charge in [0.2, 0.25) is 0 Å². The predicted octanol–water partition coefficient (Wildman–Crippen LogP) is 2.18. The van der Waals surface area contributed by atoms with Crippen molar-refractivity contribution >= 4 is 11.7 Å². The maximum Gasteiger partial charge on any atom is 0.338 e. The van der Waals surface area contributed by atoms with Crippen molar-refractivity contribution in [2.45, 2.75) is 13.5 Å². The van der Waals surface area contributed by atoms with Crippen molar-refractivity contribution in [3.05, 3.63) is 47.0 Å². The fourth-order valence-electron chi connectivity index (χ4n) is 1.82. The minimum Gasteiger partial charge on any atom is -0.478 e. The second-order valence-corrected chi connectivity index (χ2v) is 4.27. The van der Waals surface area contributed by atoms with Crippen LogP contribution in [0.25, 0.3) is 0 Å². The Balaban J connectivity index is 2.10. The summed E-state index contributed by atoms with van der Waals surface area (Å²) in [4.78, 5) is 10.7. The molecule has 0 atom stereocenters. The van der Waals surface area contributed by atoms with Gasteiger partial charge in [-0.15, -0.1) is 0 Å². The Labute approximate surface area is 109 Å². The molecular formula is C13H14FN3O2. The van der Waals surface area contributed by atoms with E-state index in [-0.39, 0.29) is 5.56 Å². The normalized spacial score (nSPS) is 10.5. The van der Waals surface area contributed by atoms with Crippen LogP contribution in [0.2, 0.25) is 0 Å². The number of hydrogen-bond acceptors (Lipinski definition) is 3. The van der Waals surface area contributed by atoms with Crippen LogP contribution in [0.3, 0.4) is 0 Å². The standard InChI is InChI=1S/C13H14FN3O2/c1-8-9(7-17(2)16-8)6-15-10-3-4-11(13(18)19)12(14)5-10/h3-5,7,15H,6H2,1-2H3,(H,18,19). The maximum atomic E-state index is 13.5. The molecule has 100 valence electrons. The molecule has 1 heterocycles. The van der Waals surface area contributed by atoms with Crippen molar-refractivity contribution in [3.63, 3.8) is 0 Å². The van der Waals surface area contributed by atoms with Crippen LogP contribution in [0.4, 0.5) is 10.1 Å². The molecule has 2 N–H and O–H groups in total. The fourth-order valence-corrected chi connectivity index (χ4v) is 1.82. The van der Waals surface area contributed by atoms with Gasteiger partial charge in [0.05, 0.1) is 11.3 Å². The van der Waals surface area contributed by atoms with Gasteiger partial charge in [-0.3, -0.25) is 4.68 Å². The highest BCUT2D eigenvalue weighted by molar-refractivity contribution is 5.88. The zero-order chi connectivity index (χ0) is 14.0. The molecule has 0 amide bonds. The van der Waals surface area contributed by atoms with Crippen LogP contribution in [0.15, 0.2) is 24.4 Å². The van der Waals surface area contributed by atoms with Gasteiger partial charge in [0.1, 0.15) is 5.82 Å². The SMILES string of the molecule is Cc1nn(C)cc1CNc1ccc(C(=O)O)c(F)c1. The topological polar surface area (TPSA) is 67.2 Å². The van der Waals surface area contributed by atoms with Gasteiger partial charge in [0, 0.05) is 31.0 Å². The molecule has 0 saturated heterocycles. The van der Waals surface area contributed by atoms with E-state index in [1.807, 2.05) is 20.2 Å². The van der Waals surface area contributed by atoms with E-state index in [4.69, 9.17) is 5.11 Å². The van der Waals surface area contributed by atoms with Crippen LogP contribution in [0.5, 0.6) is 0 Å². The molecule has 1 aromatic heterocycles. The monoisotopic (exact) mass is 263 g/mol. The van der Waals surface area contributed by atoms with Crippen molar-refractivity contribution in [1.82, 2.24) is 9.78 Å². The van der Waals surface area contributed by atoms with Gasteiger partial charge in [-0.25, -0.2) is 9.18 Å². The van der Waals surface area contributed by atoms with E-state index >= 15 is 0 Å². The summed E-state index contributed by atoms with van der Waals surface area (Å²) in [6.07, 6.45) is 1.88. The Hall–Kier alpha value is -2.37. The lowest BCUT2D eigenvalue weighted by Crippen LogP contribution is -2.04. The minimum atomic E-state index is -1.27. The Morgan fingerprint density at radius 2 is 2.26 bits per heavy atom. The predicted molar refractivity (Wildman–Crippen MR) is 68.6 cm³/mol. The maximum absolute atomic E-state index is 13.5. The average molecular weight is 263 g/mol. The van der Waals surface area contributed by atoms with Crippen LogP contribution in [-0.2, 0) is 13.6 Å². The second-order valence-electron chi connectivity index (χ2n) is 4.27. The summed E-state index contributed by atoms with van der Waals surface area (Å²) in [5.74, 6) is -2.02. The lowest BCUT2D eigenvalue weighted by Gasteiger charge is -2.06. The molecule has 0 aliphatic rings. The van der Waals surface area contributed by atoms with Crippen LogP contribution in [-0.4, -0.2) is 20.9 Å². The number of aryl methyl sites for hydroxylation is 2. The van der Waals surface area contributed by atoms with Crippen molar-refractivity contribution in [2.75, 3.05) is 5.32 Å². The first-order valence-electron chi connectivity index (χ1n) is 5.73. The third-order valence-corrected chi connectivity index (χ3v) is 2.80. The van der Waals surface area contributed by atoms with Crippen LogP contribution in [0.1, 0.15) is 21.6 Å². The number of hydrogen-bond donors (Lipinski definition) is 2. The molecule has 0 saturated carbocycles. The van der Waals surface area contributed by atoms with Gasteiger partial charge in [-0.05, 0) is 25.1 Å². The van der Waals surface area contributed by atoms with Crippen LogP contribution >= 0.6 is 0 Å². The van der Waals surface area contributed by atoms with E-state index in [0.29, 0.717) is 12.2 Å². The molecule has 5 nitrogen and oxygen atoms in total. The van der Waals surface area contributed by atoms with Crippen LogP contribution in [0, 0.1) is 12.7 Å². The number of anilines is 1. The number of aromatic nitrogens is 2. The molecule has 0 radical (unpaired) electrons. The number of carbonyl (C=O) groups is 1. The number of carboxylic acid groups (broad SMARTS) is 1. The molecule has 6 heteroatoms. The molecule has 0 bridgehead atoms. The van der Waals surface area contributed by atoms with Gasteiger partial charge in [0.15, 0.2) is 0 Å². The van der Waals surface area contributed by atoms with E-state index in [1.165, 1.54) is 18.2 Å². The van der Waals surface area contributed by atoms with Gasteiger partial charge in [-0.1, -0.05) is 0 Å². The number of nitrogens with zero attached hydrogens (tertiary/aromatic N) is 2. The van der Waals surface area contributed by atoms with Gasteiger partial charge in [0.25, 0.3) is 0 Å². The Morgan fingerprint density at radius 3 is 2.79 bits per heavy atom. The number of benzene rings is 1. The zero-order valence-corrected chi connectivity index (χ0v) is 10.6. The number of carboxylic acids is 1. The van der Waals surface area contributed by atoms with Gasteiger partial charge >= 0.3 is 5.97 Å². The molecule has 0 fully saturated rings.